The summed E-state index contributed by atoms with van der Waals surface area (Å²) in [5, 5.41) is 0. The summed E-state index contributed by atoms with van der Waals surface area (Å²) in [7, 11) is 0. The van der Waals surface area contributed by atoms with Crippen LogP contribution >= 0.6 is 0 Å². The van der Waals surface area contributed by atoms with Crippen LogP contribution in [0.2, 0.25) is 0 Å². The molecule has 8 aromatic rings. The van der Waals surface area contributed by atoms with Crippen molar-refractivity contribution in [3.8, 4) is 55.8 Å². The summed E-state index contributed by atoms with van der Waals surface area (Å²) in [6.45, 7) is 9.96. The molecule has 0 spiro atoms. The average Bonchev–Trinajstić information content (AvgIpc) is 3.64. The minimum absolute atomic E-state index is 0.766. The Morgan fingerprint density at radius 3 is 1.25 bits per heavy atom. The van der Waals surface area contributed by atoms with Gasteiger partial charge in [0, 0.05) is 23.1 Å². The predicted molar refractivity (Wildman–Crippen MR) is 232 cm³/mol. The van der Waals surface area contributed by atoms with E-state index in [1.54, 1.807) is 0 Å². The van der Waals surface area contributed by atoms with Gasteiger partial charge in [0.15, 0.2) is 0 Å². The van der Waals surface area contributed by atoms with E-state index in [1.807, 2.05) is 18.3 Å². The third-order valence-corrected chi connectivity index (χ3v) is 11.5. The minimum Gasteiger partial charge on any atom is -0.321 e. The van der Waals surface area contributed by atoms with E-state index in [0.717, 1.165) is 17.9 Å². The van der Waals surface area contributed by atoms with E-state index < -0.39 is 0 Å². The fourth-order valence-electron chi connectivity index (χ4n) is 8.47. The fraction of sp³-hybridized carbons (Fsp3) is 0.0962. The van der Waals surface area contributed by atoms with Crippen molar-refractivity contribution in [2.75, 3.05) is 16.5 Å². The Bertz CT molecular complexity index is 2610. The van der Waals surface area contributed by atoms with E-state index >= 15 is 0 Å². The maximum Gasteiger partial charge on any atom is 0.100 e. The summed E-state index contributed by atoms with van der Waals surface area (Å²) in [4.78, 5) is 9.35. The Kier molecular flexibility index (Phi) is 8.84. The van der Waals surface area contributed by atoms with Gasteiger partial charge in [0.05, 0.1) is 17.1 Å². The number of para-hydroxylation sites is 3. The van der Waals surface area contributed by atoms with Gasteiger partial charge >= 0.3 is 0 Å². The lowest BCUT2D eigenvalue weighted by Gasteiger charge is -2.24. The maximum atomic E-state index is 4.55. The van der Waals surface area contributed by atoms with Crippen molar-refractivity contribution in [3.05, 3.63) is 198 Å². The number of hydrogen-bond acceptors (Lipinski definition) is 3. The van der Waals surface area contributed by atoms with Gasteiger partial charge in [-0.25, -0.2) is 0 Å². The molecule has 0 aliphatic carbocycles. The highest BCUT2D eigenvalue weighted by atomic mass is 15.4. The number of nitrogens with zero attached hydrogens (tertiary/aromatic N) is 3. The van der Waals surface area contributed by atoms with E-state index in [4.69, 9.17) is 0 Å². The van der Waals surface area contributed by atoms with Gasteiger partial charge in [-0.1, -0.05) is 121 Å². The molecule has 0 fully saturated rings. The van der Waals surface area contributed by atoms with Crippen molar-refractivity contribution in [2.24, 2.45) is 0 Å². The van der Waals surface area contributed by atoms with Crippen molar-refractivity contribution in [2.45, 2.75) is 27.7 Å². The summed E-state index contributed by atoms with van der Waals surface area (Å²) in [5.74, 6) is 0. The van der Waals surface area contributed by atoms with E-state index in [-0.39, 0.29) is 0 Å². The first-order chi connectivity index (χ1) is 27.0. The molecule has 0 amide bonds. The number of benzene rings is 7. The molecule has 1 aromatic heterocycles. The molecule has 0 saturated carbocycles. The number of rotatable bonds is 7. The second-order valence-corrected chi connectivity index (χ2v) is 14.5. The quantitative estimate of drug-likeness (QED) is 0.164. The van der Waals surface area contributed by atoms with Crippen molar-refractivity contribution < 1.29 is 0 Å². The van der Waals surface area contributed by atoms with Gasteiger partial charge in [-0.05, 0) is 143 Å². The van der Waals surface area contributed by atoms with E-state index in [1.165, 1.54) is 89.5 Å². The predicted octanol–water partition coefficient (Wildman–Crippen LogP) is 13.9. The normalized spacial score (nSPS) is 12.2. The number of hydrogen-bond donors (Lipinski definition) is 0. The molecule has 0 atom stereocenters. The van der Waals surface area contributed by atoms with Crippen LogP contribution in [-0.4, -0.2) is 11.7 Å². The molecule has 1 aliphatic heterocycles. The number of pyridine rings is 1. The average molecular weight is 710 g/mol. The second-order valence-electron chi connectivity index (χ2n) is 14.5. The Morgan fingerprint density at radius 2 is 0.764 bits per heavy atom. The molecule has 9 rings (SSSR count). The minimum atomic E-state index is 0.766. The van der Waals surface area contributed by atoms with Crippen LogP contribution in [0.15, 0.2) is 176 Å². The first-order valence-electron chi connectivity index (χ1n) is 19.1. The SMILES string of the molecule is Cc1c(C)c(-c2ccccc2-c2ccc(N3CN(c4ccccc4)c4ccccc43)cc2)c(C)c(C)c1-c1ccccc1-c1ccc(-c2ccccn2)cc1. The molecule has 266 valence electrons. The first kappa shape index (κ1) is 34.1. The van der Waals surface area contributed by atoms with Crippen LogP contribution in [0, 0.1) is 27.7 Å². The standard InChI is InChI=1S/C52H43N3/c1-35-37(3)52(38(4)36(2)51(35)46-20-10-8-18-44(46)39-25-27-41(28-26-39)48-22-14-15-33-53-48)47-21-11-9-19-45(47)40-29-31-43(32-30-40)55-34-54(42-16-6-5-7-17-42)49-23-12-13-24-50(49)55/h5-33H,34H2,1-4H3. The highest BCUT2D eigenvalue weighted by Gasteiger charge is 2.28. The lowest BCUT2D eigenvalue weighted by atomic mass is 9.80. The second kappa shape index (κ2) is 14.3. The van der Waals surface area contributed by atoms with Crippen LogP contribution in [0.25, 0.3) is 55.8 Å². The Morgan fingerprint density at radius 1 is 0.364 bits per heavy atom. The molecular weight excluding hydrogens is 667 g/mol. The van der Waals surface area contributed by atoms with Gasteiger partial charge in [-0.3, -0.25) is 4.98 Å². The number of fused-ring (bicyclic) bond motifs is 1. The number of aromatic nitrogens is 1. The van der Waals surface area contributed by atoms with Crippen LogP contribution in [0.4, 0.5) is 22.7 Å². The van der Waals surface area contributed by atoms with E-state index in [2.05, 4.69) is 200 Å². The fourth-order valence-corrected chi connectivity index (χ4v) is 8.47. The van der Waals surface area contributed by atoms with Crippen molar-refractivity contribution in [1.82, 2.24) is 4.98 Å². The summed E-state index contributed by atoms with van der Waals surface area (Å²) in [6, 6.07) is 61.1. The topological polar surface area (TPSA) is 19.4 Å². The third-order valence-electron chi connectivity index (χ3n) is 11.5. The van der Waals surface area contributed by atoms with Crippen LogP contribution < -0.4 is 9.80 Å². The summed E-state index contributed by atoms with van der Waals surface area (Å²) >= 11 is 0. The Labute approximate surface area is 324 Å². The molecule has 3 heteroatoms. The highest BCUT2D eigenvalue weighted by Crippen LogP contribution is 2.47. The summed E-state index contributed by atoms with van der Waals surface area (Å²) in [6.07, 6.45) is 1.85. The van der Waals surface area contributed by atoms with Crippen LogP contribution in [0.1, 0.15) is 22.3 Å². The number of anilines is 4. The Hall–Kier alpha value is -6.71. The summed E-state index contributed by atoms with van der Waals surface area (Å²) in [5.41, 5.74) is 22.3. The molecule has 1 aliphatic rings. The molecule has 3 nitrogen and oxygen atoms in total. The first-order valence-corrected chi connectivity index (χ1v) is 19.1. The van der Waals surface area contributed by atoms with Crippen LogP contribution in [-0.2, 0) is 0 Å². The highest BCUT2D eigenvalue weighted by molar-refractivity contribution is 5.94. The van der Waals surface area contributed by atoms with Crippen molar-refractivity contribution >= 4 is 22.7 Å². The van der Waals surface area contributed by atoms with Gasteiger partial charge in [-0.2, -0.15) is 0 Å². The van der Waals surface area contributed by atoms with Crippen molar-refractivity contribution in [3.63, 3.8) is 0 Å². The summed E-state index contributed by atoms with van der Waals surface area (Å²) < 4.78 is 0. The zero-order valence-electron chi connectivity index (χ0n) is 31.8. The van der Waals surface area contributed by atoms with Crippen LogP contribution in [0.3, 0.4) is 0 Å². The van der Waals surface area contributed by atoms with Gasteiger partial charge in [0.2, 0.25) is 0 Å². The van der Waals surface area contributed by atoms with Gasteiger partial charge in [0.25, 0.3) is 0 Å². The molecular formula is C52H43N3. The monoisotopic (exact) mass is 709 g/mol. The van der Waals surface area contributed by atoms with Gasteiger partial charge < -0.3 is 9.80 Å². The Balaban J connectivity index is 1.07. The molecule has 0 unspecified atom stereocenters. The molecule has 7 aromatic carbocycles. The zero-order chi connectivity index (χ0) is 37.5. The molecule has 0 bridgehead atoms. The molecule has 2 heterocycles. The molecule has 0 N–H and O–H groups in total. The smallest absolute Gasteiger partial charge is 0.100 e. The third kappa shape index (κ3) is 6.08. The van der Waals surface area contributed by atoms with Gasteiger partial charge in [0.1, 0.15) is 6.67 Å². The molecule has 0 radical (unpaired) electrons. The van der Waals surface area contributed by atoms with E-state index in [0.29, 0.717) is 0 Å². The largest absolute Gasteiger partial charge is 0.321 e. The lowest BCUT2D eigenvalue weighted by Crippen LogP contribution is -2.23. The molecule has 0 saturated heterocycles. The van der Waals surface area contributed by atoms with Crippen LogP contribution in [0.5, 0.6) is 0 Å². The maximum absolute atomic E-state index is 4.55. The molecule has 55 heavy (non-hydrogen) atoms. The van der Waals surface area contributed by atoms with Crippen molar-refractivity contribution in [1.29, 1.82) is 0 Å². The lowest BCUT2D eigenvalue weighted by molar-refractivity contribution is 0.991. The van der Waals surface area contributed by atoms with E-state index in [9.17, 15) is 0 Å². The zero-order valence-corrected chi connectivity index (χ0v) is 31.8. The van der Waals surface area contributed by atoms with Gasteiger partial charge in [-0.15, -0.1) is 0 Å².